The van der Waals surface area contributed by atoms with Crippen molar-refractivity contribution >= 4 is 5.69 Å². The highest BCUT2D eigenvalue weighted by Crippen LogP contribution is 1.99. The monoisotopic (exact) mass is 228 g/mol. The normalized spacial score (nSPS) is 10.3. The lowest BCUT2D eigenvalue weighted by Gasteiger charge is -2.03. The van der Waals surface area contributed by atoms with Crippen molar-refractivity contribution in [3.05, 3.63) is 37.1 Å². The van der Waals surface area contributed by atoms with Gasteiger partial charge in [-0.3, -0.25) is 24.5 Å². The Morgan fingerprint density at radius 2 is 2.25 bits per heavy atom. The zero-order valence-electron chi connectivity index (χ0n) is 8.73. The van der Waals surface area contributed by atoms with Crippen LogP contribution in [0.15, 0.2) is 15.8 Å². The summed E-state index contributed by atoms with van der Waals surface area (Å²) in [6, 6.07) is 0. The van der Waals surface area contributed by atoms with Crippen molar-refractivity contribution < 1.29 is 4.92 Å². The molecule has 1 aromatic heterocycles. The molecule has 1 heterocycles. The molecule has 0 fully saturated rings. The Hall–Kier alpha value is -1.96. The van der Waals surface area contributed by atoms with Gasteiger partial charge in [0.25, 0.3) is 0 Å². The van der Waals surface area contributed by atoms with Crippen LogP contribution in [0.5, 0.6) is 0 Å². The number of aromatic amines is 1. The van der Waals surface area contributed by atoms with Crippen molar-refractivity contribution in [2.24, 2.45) is 0 Å². The third-order valence-corrected chi connectivity index (χ3v) is 2.01. The molecule has 0 atom stereocenters. The molecule has 0 aliphatic rings. The lowest BCUT2D eigenvalue weighted by molar-refractivity contribution is -0.386. The van der Waals surface area contributed by atoms with Crippen LogP contribution in [0, 0.1) is 10.1 Å². The maximum absolute atomic E-state index is 11.3. The van der Waals surface area contributed by atoms with Crippen molar-refractivity contribution in [3.8, 4) is 0 Å². The number of nitrogens with one attached hydrogen (secondary N) is 2. The number of nitro groups is 1. The number of H-pyrrole nitrogens is 1. The lowest BCUT2D eigenvalue weighted by Crippen LogP contribution is -2.31. The van der Waals surface area contributed by atoms with Gasteiger partial charge in [-0.2, -0.15) is 0 Å². The van der Waals surface area contributed by atoms with Gasteiger partial charge in [0.1, 0.15) is 0 Å². The first-order valence-corrected chi connectivity index (χ1v) is 4.69. The molecule has 0 spiro atoms. The maximum atomic E-state index is 11.3. The molecule has 8 heteroatoms. The Balaban J connectivity index is 3.01. The molecule has 1 rings (SSSR count). The Labute approximate surface area is 90.1 Å². The fourth-order valence-corrected chi connectivity index (χ4v) is 1.22. The molecular formula is C8H12N4O4. The molecule has 0 radical (unpaired) electrons. The number of aryl methyl sites for hydroxylation is 1. The van der Waals surface area contributed by atoms with Crippen molar-refractivity contribution in [1.29, 1.82) is 0 Å². The van der Waals surface area contributed by atoms with Gasteiger partial charge in [-0.15, -0.1) is 0 Å². The van der Waals surface area contributed by atoms with E-state index in [4.69, 9.17) is 0 Å². The summed E-state index contributed by atoms with van der Waals surface area (Å²) < 4.78 is 1.12. The third kappa shape index (κ3) is 2.76. The first-order chi connectivity index (χ1) is 7.56. The molecule has 16 heavy (non-hydrogen) atoms. The Morgan fingerprint density at radius 3 is 2.81 bits per heavy atom. The van der Waals surface area contributed by atoms with Crippen LogP contribution in [-0.4, -0.2) is 28.1 Å². The summed E-state index contributed by atoms with van der Waals surface area (Å²) in [6.07, 6.45) is 1.61. The van der Waals surface area contributed by atoms with Crippen LogP contribution < -0.4 is 16.6 Å². The molecule has 0 saturated heterocycles. The van der Waals surface area contributed by atoms with E-state index < -0.39 is 21.9 Å². The van der Waals surface area contributed by atoms with E-state index in [0.29, 0.717) is 19.5 Å². The van der Waals surface area contributed by atoms with Crippen LogP contribution in [0.25, 0.3) is 0 Å². The smallest absolute Gasteiger partial charge is 0.320 e. The van der Waals surface area contributed by atoms with Gasteiger partial charge in [0.05, 0.1) is 11.1 Å². The molecule has 88 valence electrons. The van der Waals surface area contributed by atoms with E-state index in [1.807, 2.05) is 4.98 Å². The average molecular weight is 228 g/mol. The second-order valence-electron chi connectivity index (χ2n) is 3.18. The first-order valence-electron chi connectivity index (χ1n) is 4.69. The number of rotatable bonds is 5. The van der Waals surface area contributed by atoms with Gasteiger partial charge in [-0.05, 0) is 20.0 Å². The minimum Gasteiger partial charge on any atom is -0.320 e. The Morgan fingerprint density at radius 1 is 1.56 bits per heavy atom. The zero-order valence-corrected chi connectivity index (χ0v) is 8.73. The standard InChI is InChI=1S/C8H12N4O4/c1-9-3-2-4-11-5-6(12(15)16)7(13)10-8(11)14/h5,9H,2-4H2,1H3,(H,10,13,14). The van der Waals surface area contributed by atoms with Gasteiger partial charge in [0.2, 0.25) is 0 Å². The molecule has 0 unspecified atom stereocenters. The van der Waals surface area contributed by atoms with Gasteiger partial charge >= 0.3 is 16.9 Å². The first kappa shape index (κ1) is 12.1. The molecule has 8 nitrogen and oxygen atoms in total. The summed E-state index contributed by atoms with van der Waals surface area (Å²) in [5, 5.41) is 13.4. The Bertz CT molecular complexity index is 490. The highest BCUT2D eigenvalue weighted by Gasteiger charge is 2.14. The summed E-state index contributed by atoms with van der Waals surface area (Å²) in [4.78, 5) is 33.9. The van der Waals surface area contributed by atoms with Crippen LogP contribution in [0.2, 0.25) is 0 Å². The fraction of sp³-hybridized carbons (Fsp3) is 0.500. The molecule has 0 aliphatic carbocycles. The average Bonchev–Trinajstić information content (AvgIpc) is 2.21. The van der Waals surface area contributed by atoms with Crippen molar-refractivity contribution in [1.82, 2.24) is 14.9 Å². The van der Waals surface area contributed by atoms with Gasteiger partial charge < -0.3 is 5.32 Å². The van der Waals surface area contributed by atoms with Crippen LogP contribution in [0.1, 0.15) is 6.42 Å². The number of hydrogen-bond acceptors (Lipinski definition) is 5. The third-order valence-electron chi connectivity index (χ3n) is 2.01. The summed E-state index contributed by atoms with van der Waals surface area (Å²) in [5.74, 6) is 0. The van der Waals surface area contributed by atoms with Gasteiger partial charge in [-0.25, -0.2) is 4.79 Å². The molecular weight excluding hydrogens is 216 g/mol. The molecule has 0 saturated carbocycles. The molecule has 2 N–H and O–H groups in total. The van der Waals surface area contributed by atoms with E-state index in [-0.39, 0.29) is 0 Å². The van der Waals surface area contributed by atoms with Gasteiger partial charge in [-0.1, -0.05) is 0 Å². The van der Waals surface area contributed by atoms with E-state index in [9.17, 15) is 19.7 Å². The lowest BCUT2D eigenvalue weighted by atomic mass is 10.4. The van der Waals surface area contributed by atoms with E-state index in [1.165, 1.54) is 0 Å². The fourth-order valence-electron chi connectivity index (χ4n) is 1.22. The topological polar surface area (TPSA) is 110 Å². The zero-order chi connectivity index (χ0) is 12.1. The minimum atomic E-state index is -0.972. The maximum Gasteiger partial charge on any atom is 0.350 e. The molecule has 0 aliphatic heterocycles. The summed E-state index contributed by atoms with van der Waals surface area (Å²) >= 11 is 0. The number of aromatic nitrogens is 2. The predicted molar refractivity (Wildman–Crippen MR) is 56.5 cm³/mol. The number of hydrogen-bond donors (Lipinski definition) is 2. The summed E-state index contributed by atoms with van der Waals surface area (Å²) in [7, 11) is 1.76. The summed E-state index contributed by atoms with van der Waals surface area (Å²) in [5.41, 5.74) is -2.23. The molecule has 0 bridgehead atoms. The van der Waals surface area contributed by atoms with E-state index in [2.05, 4.69) is 5.32 Å². The predicted octanol–water partition coefficient (Wildman–Crippen LogP) is -0.946. The van der Waals surface area contributed by atoms with Gasteiger partial charge in [0, 0.05) is 6.54 Å². The minimum absolute atomic E-state index is 0.317. The van der Waals surface area contributed by atoms with Crippen LogP contribution >= 0.6 is 0 Å². The van der Waals surface area contributed by atoms with Crippen molar-refractivity contribution in [2.45, 2.75) is 13.0 Å². The summed E-state index contributed by atoms with van der Waals surface area (Å²) in [6.45, 7) is 0.997. The second-order valence-corrected chi connectivity index (χ2v) is 3.18. The molecule has 0 amide bonds. The van der Waals surface area contributed by atoms with Crippen LogP contribution in [-0.2, 0) is 6.54 Å². The number of nitrogens with zero attached hydrogens (tertiary/aromatic N) is 2. The molecule has 0 aromatic carbocycles. The van der Waals surface area contributed by atoms with E-state index in [0.717, 1.165) is 10.8 Å². The van der Waals surface area contributed by atoms with Crippen molar-refractivity contribution in [3.63, 3.8) is 0 Å². The Kier molecular flexibility index (Phi) is 3.95. The van der Waals surface area contributed by atoms with Crippen LogP contribution in [0.4, 0.5) is 5.69 Å². The second kappa shape index (κ2) is 5.21. The van der Waals surface area contributed by atoms with Crippen LogP contribution in [0.3, 0.4) is 0 Å². The van der Waals surface area contributed by atoms with E-state index in [1.54, 1.807) is 7.05 Å². The van der Waals surface area contributed by atoms with Crippen molar-refractivity contribution in [2.75, 3.05) is 13.6 Å². The van der Waals surface area contributed by atoms with Gasteiger partial charge in [0.15, 0.2) is 0 Å². The quantitative estimate of drug-likeness (QED) is 0.383. The van der Waals surface area contributed by atoms with E-state index >= 15 is 0 Å². The SMILES string of the molecule is CNCCCn1cc([N+](=O)[O-])c(=O)[nH]c1=O. The highest BCUT2D eigenvalue weighted by atomic mass is 16.6. The largest absolute Gasteiger partial charge is 0.350 e. The molecule has 1 aromatic rings. The highest BCUT2D eigenvalue weighted by molar-refractivity contribution is 5.20.